The fourth-order valence-corrected chi connectivity index (χ4v) is 1.09. The predicted octanol–water partition coefficient (Wildman–Crippen LogP) is 0.647. The first-order valence-corrected chi connectivity index (χ1v) is 4.78. The largest absolute Gasteiger partial charge is 0.481 e. The number of carbonyl (C=O) groups excluding carboxylic acids is 1. The Hall–Kier alpha value is -1.98. The Morgan fingerprint density at radius 3 is 2.88 bits per heavy atom. The van der Waals surface area contributed by atoms with Crippen LogP contribution in [-0.4, -0.2) is 31.7 Å². The molecule has 6 heteroatoms. The average Bonchev–Trinajstić information content (AvgIpc) is 2.31. The van der Waals surface area contributed by atoms with Crippen molar-refractivity contribution in [1.29, 1.82) is 0 Å². The summed E-state index contributed by atoms with van der Waals surface area (Å²) in [6.45, 7) is 0.414. The van der Waals surface area contributed by atoms with Gasteiger partial charge < -0.3 is 20.5 Å². The minimum Gasteiger partial charge on any atom is -0.481 e. The third-order valence-corrected chi connectivity index (χ3v) is 1.96. The van der Waals surface area contributed by atoms with Crippen LogP contribution in [0.2, 0.25) is 0 Å². The number of nitrogen functional groups attached to an aromatic ring is 1. The zero-order valence-corrected chi connectivity index (χ0v) is 9.32. The van der Waals surface area contributed by atoms with Crippen molar-refractivity contribution in [3.05, 3.63) is 12.1 Å². The standard InChI is InChI=1S/C10H15N3O3/c1-15-8-4-3-7(11)10(13-8)12-6-5-9(14)16-2/h3-4H,5-6,11H2,1-2H3,(H,12,13). The molecule has 1 aromatic heterocycles. The maximum atomic E-state index is 10.9. The Kier molecular flexibility index (Phi) is 4.38. The highest BCUT2D eigenvalue weighted by atomic mass is 16.5. The lowest BCUT2D eigenvalue weighted by molar-refractivity contribution is -0.140. The summed E-state index contributed by atoms with van der Waals surface area (Å²) in [5, 5.41) is 2.94. The number of ether oxygens (including phenoxy) is 2. The summed E-state index contributed by atoms with van der Waals surface area (Å²) in [5.74, 6) is 0.687. The molecule has 0 spiro atoms. The number of nitrogens with zero attached hydrogens (tertiary/aromatic N) is 1. The number of anilines is 2. The number of methoxy groups -OCH3 is 2. The first-order valence-electron chi connectivity index (χ1n) is 4.78. The van der Waals surface area contributed by atoms with Crippen LogP contribution >= 0.6 is 0 Å². The quantitative estimate of drug-likeness (QED) is 0.715. The number of hydrogen-bond acceptors (Lipinski definition) is 6. The summed E-state index contributed by atoms with van der Waals surface area (Å²) in [7, 11) is 2.87. The highest BCUT2D eigenvalue weighted by Crippen LogP contribution is 2.19. The fraction of sp³-hybridized carbons (Fsp3) is 0.400. The summed E-state index contributed by atoms with van der Waals surface area (Å²) < 4.78 is 9.47. The maximum Gasteiger partial charge on any atom is 0.307 e. The average molecular weight is 225 g/mol. The Bertz CT molecular complexity index is 368. The Morgan fingerprint density at radius 1 is 1.50 bits per heavy atom. The lowest BCUT2D eigenvalue weighted by Gasteiger charge is -2.08. The molecular weight excluding hydrogens is 210 g/mol. The van der Waals surface area contributed by atoms with E-state index in [9.17, 15) is 4.79 Å². The van der Waals surface area contributed by atoms with Gasteiger partial charge in [0, 0.05) is 12.6 Å². The van der Waals surface area contributed by atoms with Crippen LogP contribution in [0.5, 0.6) is 5.88 Å². The van der Waals surface area contributed by atoms with Crippen LogP contribution in [0.15, 0.2) is 12.1 Å². The van der Waals surface area contributed by atoms with E-state index < -0.39 is 0 Å². The molecule has 0 unspecified atom stereocenters. The molecule has 0 radical (unpaired) electrons. The molecule has 1 rings (SSSR count). The highest BCUT2D eigenvalue weighted by molar-refractivity contribution is 5.70. The molecule has 0 bridgehead atoms. The van der Waals surface area contributed by atoms with Crippen molar-refractivity contribution in [2.45, 2.75) is 6.42 Å². The van der Waals surface area contributed by atoms with E-state index in [2.05, 4.69) is 15.0 Å². The van der Waals surface area contributed by atoms with Gasteiger partial charge in [-0.15, -0.1) is 0 Å². The highest BCUT2D eigenvalue weighted by Gasteiger charge is 2.04. The number of nitrogens with two attached hydrogens (primary N) is 1. The summed E-state index contributed by atoms with van der Waals surface area (Å²) in [6, 6.07) is 3.35. The van der Waals surface area contributed by atoms with Crippen LogP contribution in [0, 0.1) is 0 Å². The van der Waals surface area contributed by atoms with E-state index in [0.717, 1.165) is 0 Å². The molecular formula is C10H15N3O3. The number of hydrogen-bond donors (Lipinski definition) is 2. The smallest absolute Gasteiger partial charge is 0.307 e. The number of nitrogens with one attached hydrogen (secondary N) is 1. The molecule has 0 aliphatic carbocycles. The lowest BCUT2D eigenvalue weighted by atomic mass is 10.3. The molecule has 88 valence electrons. The van der Waals surface area contributed by atoms with E-state index in [0.29, 0.717) is 23.9 Å². The molecule has 0 atom stereocenters. The predicted molar refractivity (Wildman–Crippen MR) is 60.3 cm³/mol. The molecule has 0 aromatic carbocycles. The zero-order chi connectivity index (χ0) is 12.0. The summed E-state index contributed by atoms with van der Waals surface area (Å²) >= 11 is 0. The van der Waals surface area contributed by atoms with Crippen LogP contribution in [0.4, 0.5) is 11.5 Å². The van der Waals surface area contributed by atoms with Crippen LogP contribution in [-0.2, 0) is 9.53 Å². The molecule has 6 nitrogen and oxygen atoms in total. The minimum absolute atomic E-state index is 0.259. The Morgan fingerprint density at radius 2 is 2.25 bits per heavy atom. The second-order valence-corrected chi connectivity index (χ2v) is 3.04. The van der Waals surface area contributed by atoms with Gasteiger partial charge in [-0.05, 0) is 6.07 Å². The number of carbonyl (C=O) groups is 1. The van der Waals surface area contributed by atoms with Crippen LogP contribution in [0.3, 0.4) is 0 Å². The normalized spacial score (nSPS) is 9.62. The van der Waals surface area contributed by atoms with Gasteiger partial charge in [-0.25, -0.2) is 0 Å². The first kappa shape index (κ1) is 12.1. The van der Waals surface area contributed by atoms with Gasteiger partial charge in [0.15, 0.2) is 5.82 Å². The van der Waals surface area contributed by atoms with Crippen LogP contribution in [0.1, 0.15) is 6.42 Å². The van der Waals surface area contributed by atoms with Gasteiger partial charge in [-0.1, -0.05) is 0 Å². The summed E-state index contributed by atoms with van der Waals surface area (Å²) in [4.78, 5) is 15.0. The molecule has 1 heterocycles. The van der Waals surface area contributed by atoms with Crippen molar-refractivity contribution in [2.24, 2.45) is 0 Å². The van der Waals surface area contributed by atoms with Gasteiger partial charge in [0.25, 0.3) is 0 Å². The molecule has 1 aromatic rings. The molecule has 0 aliphatic heterocycles. The Labute approximate surface area is 93.8 Å². The molecule has 16 heavy (non-hydrogen) atoms. The number of rotatable bonds is 5. The van der Waals surface area contributed by atoms with Crippen molar-refractivity contribution in [2.75, 3.05) is 31.8 Å². The first-order chi connectivity index (χ1) is 7.67. The molecule has 0 saturated carbocycles. The third kappa shape index (κ3) is 3.30. The minimum atomic E-state index is -0.283. The van der Waals surface area contributed by atoms with E-state index in [1.807, 2.05) is 0 Å². The second kappa shape index (κ2) is 5.79. The third-order valence-electron chi connectivity index (χ3n) is 1.96. The topological polar surface area (TPSA) is 86.5 Å². The van der Waals surface area contributed by atoms with E-state index in [-0.39, 0.29) is 12.4 Å². The van der Waals surface area contributed by atoms with E-state index in [1.165, 1.54) is 14.2 Å². The summed E-state index contributed by atoms with van der Waals surface area (Å²) in [6.07, 6.45) is 0.259. The molecule has 3 N–H and O–H groups in total. The SMILES string of the molecule is COC(=O)CCNc1nc(OC)ccc1N. The van der Waals surface area contributed by atoms with E-state index in [4.69, 9.17) is 10.5 Å². The van der Waals surface area contributed by atoms with Crippen molar-refractivity contribution in [3.63, 3.8) is 0 Å². The van der Waals surface area contributed by atoms with E-state index in [1.54, 1.807) is 12.1 Å². The zero-order valence-electron chi connectivity index (χ0n) is 9.32. The second-order valence-electron chi connectivity index (χ2n) is 3.04. The van der Waals surface area contributed by atoms with Crippen molar-refractivity contribution in [1.82, 2.24) is 4.98 Å². The van der Waals surface area contributed by atoms with Gasteiger partial charge in [-0.2, -0.15) is 4.98 Å². The number of aromatic nitrogens is 1. The van der Waals surface area contributed by atoms with E-state index >= 15 is 0 Å². The fourth-order valence-electron chi connectivity index (χ4n) is 1.09. The molecule has 0 fully saturated rings. The van der Waals surface area contributed by atoms with Gasteiger partial charge in [0.1, 0.15) is 0 Å². The van der Waals surface area contributed by atoms with Gasteiger partial charge >= 0.3 is 5.97 Å². The maximum absolute atomic E-state index is 10.9. The monoisotopic (exact) mass is 225 g/mol. The van der Waals surface area contributed by atoms with Crippen molar-refractivity contribution >= 4 is 17.5 Å². The van der Waals surface area contributed by atoms with Crippen LogP contribution in [0.25, 0.3) is 0 Å². The van der Waals surface area contributed by atoms with Crippen LogP contribution < -0.4 is 15.8 Å². The van der Waals surface area contributed by atoms with Crippen molar-refractivity contribution < 1.29 is 14.3 Å². The molecule has 0 aliphatic rings. The molecule has 0 amide bonds. The summed E-state index contributed by atoms with van der Waals surface area (Å²) in [5.41, 5.74) is 6.20. The molecule has 0 saturated heterocycles. The Balaban J connectivity index is 2.55. The van der Waals surface area contributed by atoms with Gasteiger partial charge in [0.2, 0.25) is 5.88 Å². The number of pyridine rings is 1. The number of esters is 1. The van der Waals surface area contributed by atoms with Crippen molar-refractivity contribution in [3.8, 4) is 5.88 Å². The van der Waals surface area contributed by atoms with Gasteiger partial charge in [-0.3, -0.25) is 4.79 Å². The lowest BCUT2D eigenvalue weighted by Crippen LogP contribution is -2.11. The van der Waals surface area contributed by atoms with Gasteiger partial charge in [0.05, 0.1) is 26.3 Å².